The normalized spacial score (nSPS) is 13.3. The highest BCUT2D eigenvalue weighted by atomic mass is 16.4. The van der Waals surface area contributed by atoms with Crippen LogP contribution in [-0.2, 0) is 9.59 Å². The summed E-state index contributed by atoms with van der Waals surface area (Å²) >= 11 is 0. The fraction of sp³-hybridized carbons (Fsp3) is 0.429. The average molecular weight is 280 g/mol. The lowest BCUT2D eigenvalue weighted by molar-refractivity contribution is -0.156. The van der Waals surface area contributed by atoms with Gasteiger partial charge in [-0.15, -0.1) is 0 Å². The summed E-state index contributed by atoms with van der Waals surface area (Å²) < 4.78 is 0. The van der Waals surface area contributed by atoms with Crippen LogP contribution in [0.3, 0.4) is 0 Å². The number of hydrogen-bond donors (Lipinski definition) is 4. The molecule has 0 heterocycles. The zero-order chi connectivity index (χ0) is 15.2. The number of carboxylic acid groups (broad SMARTS) is 1. The first-order valence-corrected chi connectivity index (χ1v) is 6.35. The summed E-state index contributed by atoms with van der Waals surface area (Å²) in [5.74, 6) is -1.68. The molecule has 0 spiro atoms. The Hall–Kier alpha value is -2.08. The Kier molecular flexibility index (Phi) is 5.52. The number of aliphatic hydroxyl groups is 1. The molecule has 1 atom stereocenters. The number of rotatable bonds is 7. The van der Waals surface area contributed by atoms with Crippen LogP contribution in [0, 0.1) is 6.92 Å². The lowest BCUT2D eigenvalue weighted by Gasteiger charge is -2.18. The van der Waals surface area contributed by atoms with Gasteiger partial charge in [0.1, 0.15) is 0 Å². The molecule has 1 rings (SSSR count). The standard InChI is InChI=1S/C14H20N2O4/c1-10-5-3-4-6-11(10)15-8-7-12(17)16-9-14(2,20)13(18)19/h3-6,15,20H,7-9H2,1-2H3,(H,16,17)(H,18,19). The molecule has 1 unspecified atom stereocenters. The van der Waals surface area contributed by atoms with Crippen LogP contribution in [0.15, 0.2) is 24.3 Å². The predicted octanol–water partition coefficient (Wildman–Crippen LogP) is 0.749. The number of benzene rings is 1. The molecule has 1 amide bonds. The molecule has 0 aromatic heterocycles. The van der Waals surface area contributed by atoms with E-state index in [1.807, 2.05) is 31.2 Å². The van der Waals surface area contributed by atoms with E-state index in [0.29, 0.717) is 6.54 Å². The quantitative estimate of drug-likeness (QED) is 0.591. The van der Waals surface area contributed by atoms with Crippen LogP contribution in [-0.4, -0.2) is 40.8 Å². The number of aryl methyl sites for hydroxylation is 1. The zero-order valence-corrected chi connectivity index (χ0v) is 11.6. The summed E-state index contributed by atoms with van der Waals surface area (Å²) in [4.78, 5) is 22.2. The first-order valence-electron chi connectivity index (χ1n) is 6.35. The van der Waals surface area contributed by atoms with Crippen LogP contribution in [0.5, 0.6) is 0 Å². The summed E-state index contributed by atoms with van der Waals surface area (Å²) in [7, 11) is 0. The van der Waals surface area contributed by atoms with Crippen LogP contribution >= 0.6 is 0 Å². The van der Waals surface area contributed by atoms with Gasteiger partial charge < -0.3 is 20.8 Å². The van der Waals surface area contributed by atoms with Gasteiger partial charge in [0, 0.05) is 18.7 Å². The molecule has 0 aliphatic heterocycles. The molecule has 0 aliphatic carbocycles. The second kappa shape index (κ2) is 6.91. The first-order chi connectivity index (χ1) is 9.33. The van der Waals surface area contributed by atoms with Crippen molar-refractivity contribution < 1.29 is 19.8 Å². The monoisotopic (exact) mass is 280 g/mol. The fourth-order valence-corrected chi connectivity index (χ4v) is 1.52. The van der Waals surface area contributed by atoms with E-state index in [-0.39, 0.29) is 18.9 Å². The van der Waals surface area contributed by atoms with E-state index < -0.39 is 11.6 Å². The molecule has 0 aliphatic rings. The van der Waals surface area contributed by atoms with E-state index in [0.717, 1.165) is 18.2 Å². The Morgan fingerprint density at radius 2 is 1.95 bits per heavy atom. The van der Waals surface area contributed by atoms with Gasteiger partial charge in [-0.1, -0.05) is 18.2 Å². The van der Waals surface area contributed by atoms with Crippen LogP contribution in [0.4, 0.5) is 5.69 Å². The Balaban J connectivity index is 2.31. The van der Waals surface area contributed by atoms with Crippen molar-refractivity contribution in [3.05, 3.63) is 29.8 Å². The van der Waals surface area contributed by atoms with E-state index in [9.17, 15) is 14.7 Å². The van der Waals surface area contributed by atoms with E-state index >= 15 is 0 Å². The number of hydrogen-bond acceptors (Lipinski definition) is 4. The number of carboxylic acids is 1. The summed E-state index contributed by atoms with van der Waals surface area (Å²) in [5.41, 5.74) is 0.0959. The molecule has 6 nitrogen and oxygen atoms in total. The van der Waals surface area contributed by atoms with Crippen molar-refractivity contribution >= 4 is 17.6 Å². The highest BCUT2D eigenvalue weighted by Crippen LogP contribution is 2.12. The number of anilines is 1. The molecule has 20 heavy (non-hydrogen) atoms. The van der Waals surface area contributed by atoms with Gasteiger partial charge in [-0.05, 0) is 25.5 Å². The SMILES string of the molecule is Cc1ccccc1NCCC(=O)NCC(C)(O)C(=O)O. The Morgan fingerprint density at radius 1 is 1.30 bits per heavy atom. The average Bonchev–Trinajstić information content (AvgIpc) is 2.38. The van der Waals surface area contributed by atoms with Gasteiger partial charge in [-0.3, -0.25) is 4.79 Å². The van der Waals surface area contributed by atoms with Gasteiger partial charge in [-0.2, -0.15) is 0 Å². The van der Waals surface area contributed by atoms with Crippen molar-refractivity contribution in [3.63, 3.8) is 0 Å². The Morgan fingerprint density at radius 3 is 2.55 bits per heavy atom. The summed E-state index contributed by atoms with van der Waals surface area (Å²) in [6.45, 7) is 3.23. The third kappa shape index (κ3) is 4.89. The Labute approximate surface area is 117 Å². The lowest BCUT2D eigenvalue weighted by Crippen LogP contribution is -2.46. The van der Waals surface area contributed by atoms with E-state index in [4.69, 9.17) is 5.11 Å². The van der Waals surface area contributed by atoms with Crippen molar-refractivity contribution in [3.8, 4) is 0 Å². The summed E-state index contributed by atoms with van der Waals surface area (Å²) in [6, 6.07) is 7.72. The number of carbonyl (C=O) groups is 2. The second-order valence-electron chi connectivity index (χ2n) is 4.85. The molecule has 0 bridgehead atoms. The topological polar surface area (TPSA) is 98.7 Å². The van der Waals surface area contributed by atoms with Gasteiger partial charge in [0.15, 0.2) is 5.60 Å². The third-order valence-electron chi connectivity index (χ3n) is 2.90. The minimum Gasteiger partial charge on any atom is -0.479 e. The molecule has 0 fully saturated rings. The fourth-order valence-electron chi connectivity index (χ4n) is 1.52. The predicted molar refractivity (Wildman–Crippen MR) is 75.6 cm³/mol. The van der Waals surface area contributed by atoms with Gasteiger partial charge in [-0.25, -0.2) is 4.79 Å². The van der Waals surface area contributed by atoms with Crippen LogP contribution in [0.2, 0.25) is 0 Å². The lowest BCUT2D eigenvalue weighted by atomic mass is 10.1. The Bertz CT molecular complexity index is 486. The maximum Gasteiger partial charge on any atom is 0.337 e. The molecule has 0 saturated carbocycles. The molecule has 1 aromatic rings. The molecular weight excluding hydrogens is 260 g/mol. The zero-order valence-electron chi connectivity index (χ0n) is 11.6. The summed E-state index contributed by atoms with van der Waals surface area (Å²) in [5, 5.41) is 23.7. The van der Waals surface area contributed by atoms with Crippen molar-refractivity contribution in [1.29, 1.82) is 0 Å². The number of aliphatic carboxylic acids is 1. The minimum atomic E-state index is -1.95. The molecular formula is C14H20N2O4. The van der Waals surface area contributed by atoms with Crippen molar-refractivity contribution in [2.24, 2.45) is 0 Å². The smallest absolute Gasteiger partial charge is 0.337 e. The molecule has 6 heteroatoms. The number of nitrogens with one attached hydrogen (secondary N) is 2. The minimum absolute atomic E-state index is 0.198. The molecule has 1 aromatic carbocycles. The van der Waals surface area contributed by atoms with Gasteiger partial charge in [0.05, 0.1) is 6.54 Å². The van der Waals surface area contributed by atoms with Crippen LogP contribution < -0.4 is 10.6 Å². The van der Waals surface area contributed by atoms with Crippen LogP contribution in [0.1, 0.15) is 18.9 Å². The van der Waals surface area contributed by atoms with E-state index in [1.165, 1.54) is 0 Å². The molecule has 0 radical (unpaired) electrons. The van der Waals surface area contributed by atoms with Crippen molar-refractivity contribution in [2.75, 3.05) is 18.4 Å². The number of amides is 1. The van der Waals surface area contributed by atoms with Crippen molar-refractivity contribution in [1.82, 2.24) is 5.32 Å². The van der Waals surface area contributed by atoms with Crippen LogP contribution in [0.25, 0.3) is 0 Å². The van der Waals surface area contributed by atoms with E-state index in [2.05, 4.69) is 10.6 Å². The first kappa shape index (κ1) is 16.0. The largest absolute Gasteiger partial charge is 0.479 e. The summed E-state index contributed by atoms with van der Waals surface area (Å²) in [6.07, 6.45) is 0.198. The maximum absolute atomic E-state index is 11.5. The highest BCUT2D eigenvalue weighted by molar-refractivity contribution is 5.80. The van der Waals surface area contributed by atoms with Gasteiger partial charge in [0.2, 0.25) is 5.91 Å². The van der Waals surface area contributed by atoms with Gasteiger partial charge in [0.25, 0.3) is 0 Å². The maximum atomic E-state index is 11.5. The second-order valence-corrected chi connectivity index (χ2v) is 4.85. The van der Waals surface area contributed by atoms with Gasteiger partial charge >= 0.3 is 5.97 Å². The van der Waals surface area contributed by atoms with E-state index in [1.54, 1.807) is 0 Å². The number of para-hydroxylation sites is 1. The molecule has 110 valence electrons. The highest BCUT2D eigenvalue weighted by Gasteiger charge is 2.30. The third-order valence-corrected chi connectivity index (χ3v) is 2.90. The molecule has 4 N–H and O–H groups in total. The number of carbonyl (C=O) groups excluding carboxylic acids is 1. The molecule has 0 saturated heterocycles. The van der Waals surface area contributed by atoms with Crippen molar-refractivity contribution in [2.45, 2.75) is 25.9 Å².